The quantitative estimate of drug-likeness (QED) is 0.236. The van der Waals surface area contributed by atoms with E-state index in [4.69, 9.17) is 28.4 Å². The van der Waals surface area contributed by atoms with E-state index in [1.165, 1.54) is 13.8 Å². The second-order valence-electron chi connectivity index (χ2n) is 6.13. The van der Waals surface area contributed by atoms with Gasteiger partial charge in [0.25, 0.3) is 0 Å². The Morgan fingerprint density at radius 1 is 0.793 bits per heavy atom. The lowest BCUT2D eigenvalue weighted by Crippen LogP contribution is -2.63. The summed E-state index contributed by atoms with van der Waals surface area (Å²) in [5.41, 5.74) is 0. The molecule has 1 aliphatic heterocycles. The van der Waals surface area contributed by atoms with Crippen molar-refractivity contribution in [3.8, 4) is 0 Å². The highest BCUT2D eigenvalue weighted by molar-refractivity contribution is 9.09. The van der Waals surface area contributed by atoms with Gasteiger partial charge in [-0.25, -0.2) is 0 Å². The van der Waals surface area contributed by atoms with Gasteiger partial charge in [0.2, 0.25) is 0 Å². The molecule has 5 atom stereocenters. The van der Waals surface area contributed by atoms with Crippen LogP contribution < -0.4 is 0 Å². The molecule has 29 heavy (non-hydrogen) atoms. The molecule has 0 saturated carbocycles. The van der Waals surface area contributed by atoms with Gasteiger partial charge in [-0.15, -0.1) is 0 Å². The predicted molar refractivity (Wildman–Crippen MR) is 104 cm³/mol. The van der Waals surface area contributed by atoms with E-state index in [0.29, 0.717) is 10.7 Å². The number of esters is 4. The van der Waals surface area contributed by atoms with Crippen LogP contribution in [0.5, 0.6) is 0 Å². The summed E-state index contributed by atoms with van der Waals surface area (Å²) in [6.45, 7) is 4.38. The molecule has 0 aromatic heterocycles. The van der Waals surface area contributed by atoms with Crippen molar-refractivity contribution in [3.05, 3.63) is 0 Å². The van der Waals surface area contributed by atoms with E-state index in [-0.39, 0.29) is 6.61 Å². The van der Waals surface area contributed by atoms with Gasteiger partial charge in [-0.05, 0) is 0 Å². The van der Waals surface area contributed by atoms with Gasteiger partial charge in [0.05, 0.1) is 6.10 Å². The molecule has 0 N–H and O–H groups in total. The van der Waals surface area contributed by atoms with Crippen LogP contribution in [-0.4, -0.2) is 78.0 Å². The van der Waals surface area contributed by atoms with Crippen molar-refractivity contribution in [3.63, 3.8) is 0 Å². The van der Waals surface area contributed by atoms with Gasteiger partial charge in [0, 0.05) is 38.4 Å². The molecule has 0 amide bonds. The average molecular weight is 548 g/mol. The Balaban J connectivity index is 3.31. The molecule has 1 heterocycles. The summed E-state index contributed by atoms with van der Waals surface area (Å²) in [4.78, 5) is 46.3. The number of rotatable bonds is 9. The van der Waals surface area contributed by atoms with Gasteiger partial charge in [0.15, 0.2) is 24.6 Å². The Hall–Kier alpha value is -1.24. The van der Waals surface area contributed by atoms with Crippen LogP contribution in [0.15, 0.2) is 0 Å². The lowest BCUT2D eigenvalue weighted by Gasteiger charge is -2.44. The SMILES string of the molecule is CC(=O)OC[C@H]1O[C@@H](OC(CBr)CBr)[C@H](OC(C)=O)[C@@H](OC(C)=O)[C@H]1OC(C)=O. The summed E-state index contributed by atoms with van der Waals surface area (Å²) < 4.78 is 32.5. The third-order valence-corrected chi connectivity index (χ3v) is 5.06. The number of hydrogen-bond acceptors (Lipinski definition) is 10. The Morgan fingerprint density at radius 2 is 1.28 bits per heavy atom. The van der Waals surface area contributed by atoms with Crippen LogP contribution in [0, 0.1) is 0 Å². The lowest BCUT2D eigenvalue weighted by molar-refractivity contribution is -0.313. The fraction of sp³-hybridized carbons (Fsp3) is 0.765. The molecule has 166 valence electrons. The molecule has 10 nitrogen and oxygen atoms in total. The molecule has 0 aromatic carbocycles. The molecule has 0 aliphatic carbocycles. The predicted octanol–water partition coefficient (Wildman–Crippen LogP) is 1.24. The number of hydrogen-bond donors (Lipinski definition) is 0. The zero-order valence-electron chi connectivity index (χ0n) is 16.4. The average Bonchev–Trinajstić information content (AvgIpc) is 2.61. The maximum Gasteiger partial charge on any atom is 0.303 e. The first kappa shape index (κ1) is 25.8. The Morgan fingerprint density at radius 3 is 1.72 bits per heavy atom. The highest BCUT2D eigenvalue weighted by Crippen LogP contribution is 2.30. The van der Waals surface area contributed by atoms with Crippen LogP contribution in [0.25, 0.3) is 0 Å². The van der Waals surface area contributed by atoms with Gasteiger partial charge >= 0.3 is 23.9 Å². The molecule has 1 aliphatic rings. The molecule has 1 saturated heterocycles. The first-order valence-electron chi connectivity index (χ1n) is 8.66. The van der Waals surface area contributed by atoms with Gasteiger partial charge in [-0.3, -0.25) is 19.2 Å². The summed E-state index contributed by atoms with van der Waals surface area (Å²) in [5.74, 6) is -2.66. The van der Waals surface area contributed by atoms with Crippen LogP contribution in [0.4, 0.5) is 0 Å². The number of carbonyl (C=O) groups is 4. The highest BCUT2D eigenvalue weighted by atomic mass is 79.9. The molecule has 0 bridgehead atoms. The van der Waals surface area contributed by atoms with Gasteiger partial charge in [-0.2, -0.15) is 0 Å². The van der Waals surface area contributed by atoms with Crippen molar-refractivity contribution in [1.82, 2.24) is 0 Å². The van der Waals surface area contributed by atoms with Crippen LogP contribution in [0.1, 0.15) is 27.7 Å². The smallest absolute Gasteiger partial charge is 0.303 e. The zero-order valence-corrected chi connectivity index (χ0v) is 19.6. The van der Waals surface area contributed by atoms with E-state index < -0.39 is 60.7 Å². The van der Waals surface area contributed by atoms with Gasteiger partial charge in [0.1, 0.15) is 12.7 Å². The largest absolute Gasteiger partial charge is 0.463 e. The van der Waals surface area contributed by atoms with E-state index in [0.717, 1.165) is 13.8 Å². The van der Waals surface area contributed by atoms with Gasteiger partial charge in [-0.1, -0.05) is 31.9 Å². The van der Waals surface area contributed by atoms with Crippen molar-refractivity contribution in [1.29, 1.82) is 0 Å². The van der Waals surface area contributed by atoms with Crippen LogP contribution in [0.3, 0.4) is 0 Å². The molecule has 12 heteroatoms. The minimum Gasteiger partial charge on any atom is -0.463 e. The second kappa shape index (κ2) is 12.5. The summed E-state index contributed by atoms with van der Waals surface area (Å²) in [6.07, 6.45) is -6.28. The van der Waals surface area contributed by atoms with Crippen molar-refractivity contribution >= 4 is 55.7 Å². The minimum absolute atomic E-state index is 0.301. The first-order valence-corrected chi connectivity index (χ1v) is 10.9. The highest BCUT2D eigenvalue weighted by Gasteiger charge is 2.53. The molecule has 0 spiro atoms. The number of alkyl halides is 2. The Bertz CT molecular complexity index is 595. The van der Waals surface area contributed by atoms with Crippen molar-refractivity contribution in [2.45, 2.75) is 64.5 Å². The maximum absolute atomic E-state index is 11.7. The zero-order chi connectivity index (χ0) is 22.1. The summed E-state index contributed by atoms with van der Waals surface area (Å²) in [7, 11) is 0. The molecule has 0 aromatic rings. The standard InChI is InChI=1S/C17H24Br2O10/c1-8(20)24-7-13-14(25-9(2)21)15(26-10(3)22)16(27-11(4)23)17(29-13)28-12(5-18)6-19/h12-17H,5-7H2,1-4H3/t13-,14+,15+,16-,17-/m1/s1. The summed E-state index contributed by atoms with van der Waals surface area (Å²) in [6, 6.07) is 0. The second-order valence-corrected chi connectivity index (χ2v) is 7.43. The van der Waals surface area contributed by atoms with Crippen LogP contribution in [-0.2, 0) is 47.6 Å². The third-order valence-electron chi connectivity index (χ3n) is 3.62. The fourth-order valence-electron chi connectivity index (χ4n) is 2.60. The molecule has 1 fully saturated rings. The normalized spacial score (nSPS) is 26.5. The van der Waals surface area contributed by atoms with E-state index in [1.54, 1.807) is 0 Å². The van der Waals surface area contributed by atoms with E-state index >= 15 is 0 Å². The molecular formula is C17H24Br2O10. The molecular weight excluding hydrogens is 524 g/mol. The number of halogens is 2. The maximum atomic E-state index is 11.7. The monoisotopic (exact) mass is 546 g/mol. The Labute approximate surface area is 185 Å². The fourth-order valence-corrected chi connectivity index (χ4v) is 3.98. The third kappa shape index (κ3) is 8.57. The van der Waals surface area contributed by atoms with E-state index in [2.05, 4.69) is 31.9 Å². The summed E-state index contributed by atoms with van der Waals surface area (Å²) >= 11 is 6.59. The molecule has 0 unspecified atom stereocenters. The van der Waals surface area contributed by atoms with Crippen LogP contribution in [0.2, 0.25) is 0 Å². The lowest BCUT2D eigenvalue weighted by atomic mass is 9.98. The van der Waals surface area contributed by atoms with Crippen molar-refractivity contribution in [2.24, 2.45) is 0 Å². The van der Waals surface area contributed by atoms with Crippen LogP contribution >= 0.6 is 31.9 Å². The van der Waals surface area contributed by atoms with E-state index in [1.807, 2.05) is 0 Å². The Kier molecular flexibility index (Phi) is 11.1. The summed E-state index contributed by atoms with van der Waals surface area (Å²) in [5, 5.41) is 0.843. The van der Waals surface area contributed by atoms with Crippen molar-refractivity contribution in [2.75, 3.05) is 17.3 Å². The van der Waals surface area contributed by atoms with Gasteiger partial charge < -0.3 is 28.4 Å². The minimum atomic E-state index is -1.24. The molecule has 0 radical (unpaired) electrons. The topological polar surface area (TPSA) is 124 Å². The van der Waals surface area contributed by atoms with E-state index in [9.17, 15) is 19.2 Å². The molecule has 1 rings (SSSR count). The first-order chi connectivity index (χ1) is 13.6. The van der Waals surface area contributed by atoms with Crippen molar-refractivity contribution < 1.29 is 47.6 Å². The number of carbonyl (C=O) groups excluding carboxylic acids is 4. The number of ether oxygens (including phenoxy) is 6.